The van der Waals surface area contributed by atoms with Gasteiger partial charge in [0.2, 0.25) is 11.8 Å². The smallest absolute Gasteiger partial charge is 0.238 e. The zero-order valence-electron chi connectivity index (χ0n) is 14.5. The number of nitrogens with one attached hydrogen (secondary N) is 2. The van der Waals surface area contributed by atoms with E-state index in [-0.39, 0.29) is 30.8 Å². The molecule has 1 aromatic carbocycles. The number of ether oxygens (including phenoxy) is 2. The largest absolute Gasteiger partial charge is 0.383 e. The molecule has 1 heterocycles. The Hall–Kier alpha value is -1.67. The van der Waals surface area contributed by atoms with Crippen LogP contribution in [0, 0.1) is 0 Å². The molecule has 2 amide bonds. The van der Waals surface area contributed by atoms with Crippen LogP contribution in [0.1, 0.15) is 5.56 Å². The molecule has 8 heteroatoms. The first-order valence-electron chi connectivity index (χ1n) is 8.13. The second kappa shape index (κ2) is 11.8. The molecule has 1 fully saturated rings. The van der Waals surface area contributed by atoms with Crippen LogP contribution in [0.25, 0.3) is 0 Å². The number of morpholine rings is 1. The molecule has 0 radical (unpaired) electrons. The van der Waals surface area contributed by atoms with Crippen LogP contribution in [-0.2, 0) is 25.5 Å². The Labute approximate surface area is 154 Å². The molecule has 0 aromatic heterocycles. The molecule has 0 spiro atoms. The summed E-state index contributed by atoms with van der Waals surface area (Å²) in [6, 6.07) is 7.36. The van der Waals surface area contributed by atoms with Gasteiger partial charge in [0.05, 0.1) is 32.8 Å². The number of amides is 2. The van der Waals surface area contributed by atoms with E-state index in [9.17, 15) is 9.59 Å². The van der Waals surface area contributed by atoms with E-state index in [0.717, 1.165) is 11.3 Å². The summed E-state index contributed by atoms with van der Waals surface area (Å²) < 4.78 is 10.1. The number of methoxy groups -OCH3 is 1. The lowest BCUT2D eigenvalue weighted by molar-refractivity contribution is -0.134. The van der Waals surface area contributed by atoms with Gasteiger partial charge in [-0.05, 0) is 17.7 Å². The van der Waals surface area contributed by atoms with Gasteiger partial charge in [0.25, 0.3) is 0 Å². The molecular weight excluding hydrogens is 346 g/mol. The van der Waals surface area contributed by atoms with Crippen LogP contribution in [0.2, 0.25) is 0 Å². The van der Waals surface area contributed by atoms with E-state index in [1.165, 1.54) is 0 Å². The van der Waals surface area contributed by atoms with Crippen LogP contribution in [-0.4, -0.2) is 69.8 Å². The lowest BCUT2D eigenvalue weighted by Crippen LogP contribution is -2.41. The van der Waals surface area contributed by atoms with Crippen molar-refractivity contribution in [2.75, 3.05) is 58.4 Å². The monoisotopic (exact) mass is 371 g/mol. The maximum Gasteiger partial charge on any atom is 0.238 e. The number of carbonyl (C=O) groups excluding carboxylic acids is 2. The van der Waals surface area contributed by atoms with Crippen LogP contribution in [0.5, 0.6) is 0 Å². The molecule has 0 atom stereocenters. The van der Waals surface area contributed by atoms with Gasteiger partial charge in [-0.3, -0.25) is 9.59 Å². The zero-order valence-corrected chi connectivity index (χ0v) is 15.3. The van der Waals surface area contributed by atoms with E-state index in [0.29, 0.717) is 45.9 Å². The van der Waals surface area contributed by atoms with Crippen LogP contribution < -0.4 is 10.6 Å². The quantitative estimate of drug-likeness (QED) is 0.657. The molecule has 1 aliphatic heterocycles. The third-order valence-corrected chi connectivity index (χ3v) is 3.73. The summed E-state index contributed by atoms with van der Waals surface area (Å²) in [6.07, 6.45) is 0.368. The van der Waals surface area contributed by atoms with E-state index in [4.69, 9.17) is 9.47 Å². The number of benzene rings is 1. The average molecular weight is 372 g/mol. The van der Waals surface area contributed by atoms with Crippen molar-refractivity contribution in [1.29, 1.82) is 0 Å². The molecule has 140 valence electrons. The second-order valence-corrected chi connectivity index (χ2v) is 5.58. The van der Waals surface area contributed by atoms with Crippen molar-refractivity contribution in [1.82, 2.24) is 10.2 Å². The van der Waals surface area contributed by atoms with E-state index in [1.54, 1.807) is 7.11 Å². The Bertz CT molecular complexity index is 533. The first-order valence-corrected chi connectivity index (χ1v) is 8.13. The van der Waals surface area contributed by atoms with Crippen molar-refractivity contribution >= 4 is 29.9 Å². The van der Waals surface area contributed by atoms with Gasteiger partial charge in [0, 0.05) is 32.4 Å². The van der Waals surface area contributed by atoms with Gasteiger partial charge >= 0.3 is 0 Å². The number of nitrogens with zero attached hydrogens (tertiary/aromatic N) is 1. The average Bonchev–Trinajstić information content (AvgIpc) is 2.61. The van der Waals surface area contributed by atoms with Crippen molar-refractivity contribution in [3.63, 3.8) is 0 Å². The molecule has 2 N–H and O–H groups in total. The first-order chi connectivity index (χ1) is 11.7. The van der Waals surface area contributed by atoms with Gasteiger partial charge in [-0.1, -0.05) is 12.1 Å². The van der Waals surface area contributed by atoms with Crippen LogP contribution in [0.3, 0.4) is 0 Å². The predicted molar refractivity (Wildman–Crippen MR) is 98.2 cm³/mol. The van der Waals surface area contributed by atoms with Gasteiger partial charge in [-0.25, -0.2) is 0 Å². The molecule has 0 bridgehead atoms. The van der Waals surface area contributed by atoms with E-state index < -0.39 is 0 Å². The minimum absolute atomic E-state index is 0. The maximum atomic E-state index is 12.2. The van der Waals surface area contributed by atoms with Gasteiger partial charge in [0.15, 0.2) is 0 Å². The van der Waals surface area contributed by atoms with Gasteiger partial charge in [-0.15, -0.1) is 12.4 Å². The van der Waals surface area contributed by atoms with E-state index in [2.05, 4.69) is 10.6 Å². The molecule has 0 saturated carbocycles. The summed E-state index contributed by atoms with van der Waals surface area (Å²) in [4.78, 5) is 25.8. The molecule has 1 aliphatic rings. The summed E-state index contributed by atoms with van der Waals surface area (Å²) in [6.45, 7) is 3.96. The summed E-state index contributed by atoms with van der Waals surface area (Å²) in [5.74, 6) is 0.000625. The second-order valence-electron chi connectivity index (χ2n) is 5.58. The fraction of sp³-hybridized carbons (Fsp3) is 0.529. The predicted octanol–water partition coefficient (Wildman–Crippen LogP) is 0.684. The Kier molecular flexibility index (Phi) is 10.1. The van der Waals surface area contributed by atoms with E-state index in [1.807, 2.05) is 29.2 Å². The highest BCUT2D eigenvalue weighted by Gasteiger charge is 2.16. The first kappa shape index (κ1) is 21.4. The summed E-state index contributed by atoms with van der Waals surface area (Å²) >= 11 is 0. The minimum atomic E-state index is -0.108. The Balaban J connectivity index is 0.00000312. The topological polar surface area (TPSA) is 79.9 Å². The number of halogens is 1. The van der Waals surface area contributed by atoms with Crippen LogP contribution in [0.4, 0.5) is 5.69 Å². The molecule has 7 nitrogen and oxygen atoms in total. The summed E-state index contributed by atoms with van der Waals surface area (Å²) in [7, 11) is 1.62. The van der Waals surface area contributed by atoms with Crippen molar-refractivity contribution < 1.29 is 19.1 Å². The highest BCUT2D eigenvalue weighted by atomic mass is 35.5. The molecule has 1 saturated heterocycles. The Morgan fingerprint density at radius 1 is 1.20 bits per heavy atom. The van der Waals surface area contributed by atoms with Crippen molar-refractivity contribution in [3.8, 4) is 0 Å². The third kappa shape index (κ3) is 7.83. The molecule has 2 rings (SSSR count). The highest BCUT2D eigenvalue weighted by molar-refractivity contribution is 5.92. The van der Waals surface area contributed by atoms with Crippen LogP contribution in [0.15, 0.2) is 24.3 Å². The number of carbonyl (C=O) groups is 2. The lowest BCUT2D eigenvalue weighted by Gasteiger charge is -2.26. The number of anilines is 1. The minimum Gasteiger partial charge on any atom is -0.383 e. The lowest BCUT2D eigenvalue weighted by atomic mass is 10.1. The zero-order chi connectivity index (χ0) is 17.2. The number of hydrogen-bond acceptors (Lipinski definition) is 5. The SMILES string of the molecule is COCCNCC(=O)Nc1ccc(CC(=O)N2CCOCC2)cc1.Cl. The van der Waals surface area contributed by atoms with Crippen molar-refractivity contribution in [3.05, 3.63) is 29.8 Å². The Morgan fingerprint density at radius 3 is 2.52 bits per heavy atom. The van der Waals surface area contributed by atoms with Crippen molar-refractivity contribution in [2.24, 2.45) is 0 Å². The molecular formula is C17H26ClN3O4. The fourth-order valence-corrected chi connectivity index (χ4v) is 2.39. The van der Waals surface area contributed by atoms with E-state index >= 15 is 0 Å². The molecule has 0 unspecified atom stereocenters. The van der Waals surface area contributed by atoms with Gasteiger partial charge in [0.1, 0.15) is 0 Å². The standard InChI is InChI=1S/C17H25N3O4.ClH/c1-23-9-6-18-13-16(21)19-15-4-2-14(3-5-15)12-17(22)20-7-10-24-11-8-20;/h2-5,18H,6-13H2,1H3,(H,19,21);1H. The number of hydrogen-bond donors (Lipinski definition) is 2. The maximum absolute atomic E-state index is 12.2. The number of rotatable bonds is 8. The van der Waals surface area contributed by atoms with Gasteiger partial charge in [-0.2, -0.15) is 0 Å². The molecule has 1 aromatic rings. The molecule has 25 heavy (non-hydrogen) atoms. The normalized spacial score (nSPS) is 13.9. The highest BCUT2D eigenvalue weighted by Crippen LogP contribution is 2.11. The third-order valence-electron chi connectivity index (χ3n) is 3.73. The summed E-state index contributed by atoms with van der Waals surface area (Å²) in [5, 5.41) is 5.79. The van der Waals surface area contributed by atoms with Crippen molar-refractivity contribution in [2.45, 2.75) is 6.42 Å². The van der Waals surface area contributed by atoms with Gasteiger partial charge < -0.3 is 25.0 Å². The molecule has 0 aliphatic carbocycles. The summed E-state index contributed by atoms with van der Waals surface area (Å²) in [5.41, 5.74) is 1.65. The van der Waals surface area contributed by atoms with Crippen LogP contribution >= 0.6 is 12.4 Å². The Morgan fingerprint density at radius 2 is 1.88 bits per heavy atom. The fourth-order valence-electron chi connectivity index (χ4n) is 2.39.